The SMILES string of the molecule is Cc1ncn2c1CNC(=O)C2. The standard InChI is InChI=1S/C7H9N3O/c1-5-6-2-8-7(11)3-10(6)4-9-5/h4H,2-3H2,1H3,(H,8,11). The molecule has 0 fully saturated rings. The number of aromatic nitrogens is 2. The Bertz CT molecular complexity index is 303. The molecule has 2 heterocycles. The van der Waals surface area contributed by atoms with Crippen LogP contribution >= 0.6 is 0 Å². The van der Waals surface area contributed by atoms with Gasteiger partial charge in [0.05, 0.1) is 24.3 Å². The molecule has 1 aromatic rings. The second kappa shape index (κ2) is 2.08. The molecule has 0 radical (unpaired) electrons. The van der Waals surface area contributed by atoms with Gasteiger partial charge < -0.3 is 9.88 Å². The molecule has 2 rings (SSSR count). The molecule has 0 saturated carbocycles. The van der Waals surface area contributed by atoms with E-state index < -0.39 is 0 Å². The summed E-state index contributed by atoms with van der Waals surface area (Å²) in [5, 5.41) is 2.77. The van der Waals surface area contributed by atoms with Crippen LogP contribution in [-0.2, 0) is 17.9 Å². The Hall–Kier alpha value is -1.32. The fourth-order valence-corrected chi connectivity index (χ4v) is 1.27. The molecule has 0 aliphatic carbocycles. The van der Waals surface area contributed by atoms with E-state index in [1.807, 2.05) is 11.5 Å². The molecule has 0 spiro atoms. The van der Waals surface area contributed by atoms with Crippen LogP contribution in [0, 0.1) is 6.92 Å². The molecule has 1 aliphatic rings. The van der Waals surface area contributed by atoms with Gasteiger partial charge in [-0.3, -0.25) is 4.79 Å². The maximum atomic E-state index is 10.9. The number of carbonyl (C=O) groups is 1. The Morgan fingerprint density at radius 3 is 3.36 bits per heavy atom. The normalized spacial score (nSPS) is 15.9. The average Bonchev–Trinajstić information content (AvgIpc) is 2.32. The van der Waals surface area contributed by atoms with E-state index in [9.17, 15) is 4.79 Å². The minimum Gasteiger partial charge on any atom is -0.349 e. The van der Waals surface area contributed by atoms with E-state index in [0.717, 1.165) is 11.4 Å². The van der Waals surface area contributed by atoms with E-state index in [4.69, 9.17) is 0 Å². The van der Waals surface area contributed by atoms with Crippen LogP contribution in [-0.4, -0.2) is 15.5 Å². The summed E-state index contributed by atoms with van der Waals surface area (Å²) in [6.07, 6.45) is 1.71. The van der Waals surface area contributed by atoms with Crippen molar-refractivity contribution in [2.75, 3.05) is 0 Å². The molecule has 1 aliphatic heterocycles. The van der Waals surface area contributed by atoms with Crippen LogP contribution in [0.2, 0.25) is 0 Å². The number of imidazole rings is 1. The lowest BCUT2D eigenvalue weighted by atomic mass is 10.3. The van der Waals surface area contributed by atoms with Crippen LogP contribution in [0.25, 0.3) is 0 Å². The highest BCUT2D eigenvalue weighted by atomic mass is 16.2. The van der Waals surface area contributed by atoms with Crippen LogP contribution in [0.15, 0.2) is 6.33 Å². The van der Waals surface area contributed by atoms with Crippen molar-refractivity contribution in [3.63, 3.8) is 0 Å². The first kappa shape index (κ1) is 6.39. The topological polar surface area (TPSA) is 46.9 Å². The quantitative estimate of drug-likeness (QED) is 0.559. The van der Waals surface area contributed by atoms with Gasteiger partial charge in [0.1, 0.15) is 6.54 Å². The van der Waals surface area contributed by atoms with E-state index >= 15 is 0 Å². The van der Waals surface area contributed by atoms with Gasteiger partial charge in [-0.25, -0.2) is 4.98 Å². The Balaban J connectivity index is 2.44. The Morgan fingerprint density at radius 2 is 2.55 bits per heavy atom. The zero-order chi connectivity index (χ0) is 7.84. The van der Waals surface area contributed by atoms with Gasteiger partial charge in [0.2, 0.25) is 5.91 Å². The smallest absolute Gasteiger partial charge is 0.240 e. The first-order valence-electron chi connectivity index (χ1n) is 3.54. The van der Waals surface area contributed by atoms with Crippen molar-refractivity contribution in [2.24, 2.45) is 0 Å². The molecule has 0 atom stereocenters. The van der Waals surface area contributed by atoms with Gasteiger partial charge >= 0.3 is 0 Å². The monoisotopic (exact) mass is 151 g/mol. The van der Waals surface area contributed by atoms with Gasteiger partial charge in [0.15, 0.2) is 0 Å². The molecule has 0 bridgehead atoms. The van der Waals surface area contributed by atoms with Crippen LogP contribution < -0.4 is 5.32 Å². The summed E-state index contributed by atoms with van der Waals surface area (Å²) in [6, 6.07) is 0. The highest BCUT2D eigenvalue weighted by molar-refractivity contribution is 5.76. The minimum absolute atomic E-state index is 0.0647. The molecule has 0 saturated heterocycles. The maximum Gasteiger partial charge on any atom is 0.240 e. The largest absolute Gasteiger partial charge is 0.349 e. The van der Waals surface area contributed by atoms with Crippen LogP contribution in [0.5, 0.6) is 0 Å². The number of nitrogens with zero attached hydrogens (tertiary/aromatic N) is 2. The molecule has 4 heteroatoms. The predicted octanol–water partition coefficient (Wildman–Crippen LogP) is -0.179. The van der Waals surface area contributed by atoms with Gasteiger partial charge in [0.25, 0.3) is 0 Å². The Kier molecular flexibility index (Phi) is 1.21. The van der Waals surface area contributed by atoms with E-state index in [-0.39, 0.29) is 5.91 Å². The molecule has 0 unspecified atom stereocenters. The molecule has 1 N–H and O–H groups in total. The van der Waals surface area contributed by atoms with Gasteiger partial charge in [-0.1, -0.05) is 0 Å². The summed E-state index contributed by atoms with van der Waals surface area (Å²) >= 11 is 0. The molecule has 0 aromatic carbocycles. The third kappa shape index (κ3) is 0.906. The van der Waals surface area contributed by atoms with Gasteiger partial charge in [-0.05, 0) is 6.92 Å². The summed E-state index contributed by atoms with van der Waals surface area (Å²) in [6.45, 7) is 2.98. The number of fused-ring (bicyclic) bond motifs is 1. The fourth-order valence-electron chi connectivity index (χ4n) is 1.27. The van der Waals surface area contributed by atoms with Crippen molar-refractivity contribution < 1.29 is 4.79 Å². The number of rotatable bonds is 0. The summed E-state index contributed by atoms with van der Waals surface area (Å²) in [5.74, 6) is 0.0647. The van der Waals surface area contributed by atoms with Crippen LogP contribution in [0.4, 0.5) is 0 Å². The van der Waals surface area contributed by atoms with Crippen molar-refractivity contribution in [1.29, 1.82) is 0 Å². The average molecular weight is 151 g/mol. The molecular weight excluding hydrogens is 142 g/mol. The highest BCUT2D eigenvalue weighted by Crippen LogP contribution is 2.08. The number of aryl methyl sites for hydroxylation is 1. The van der Waals surface area contributed by atoms with Gasteiger partial charge in [-0.2, -0.15) is 0 Å². The van der Waals surface area contributed by atoms with Gasteiger partial charge in [0, 0.05) is 0 Å². The van der Waals surface area contributed by atoms with Crippen molar-refractivity contribution in [3.8, 4) is 0 Å². The van der Waals surface area contributed by atoms with Gasteiger partial charge in [-0.15, -0.1) is 0 Å². The highest BCUT2D eigenvalue weighted by Gasteiger charge is 2.15. The fraction of sp³-hybridized carbons (Fsp3) is 0.429. The second-order valence-corrected chi connectivity index (χ2v) is 2.68. The Morgan fingerprint density at radius 1 is 1.73 bits per heavy atom. The maximum absolute atomic E-state index is 10.9. The number of nitrogens with one attached hydrogen (secondary N) is 1. The first-order valence-corrected chi connectivity index (χ1v) is 3.54. The molecular formula is C7H9N3O. The summed E-state index contributed by atoms with van der Waals surface area (Å²) < 4.78 is 1.88. The number of carbonyl (C=O) groups excluding carboxylic acids is 1. The summed E-state index contributed by atoms with van der Waals surface area (Å²) in [4.78, 5) is 15.0. The molecule has 4 nitrogen and oxygen atoms in total. The lowest BCUT2D eigenvalue weighted by Gasteiger charge is -2.15. The van der Waals surface area contributed by atoms with Crippen molar-refractivity contribution in [3.05, 3.63) is 17.7 Å². The molecule has 1 aromatic heterocycles. The van der Waals surface area contributed by atoms with E-state index in [1.165, 1.54) is 0 Å². The van der Waals surface area contributed by atoms with E-state index in [0.29, 0.717) is 13.1 Å². The molecule has 11 heavy (non-hydrogen) atoms. The lowest BCUT2D eigenvalue weighted by molar-refractivity contribution is -0.122. The number of hydrogen-bond donors (Lipinski definition) is 1. The lowest BCUT2D eigenvalue weighted by Crippen LogP contribution is -2.33. The predicted molar refractivity (Wildman–Crippen MR) is 38.8 cm³/mol. The third-order valence-electron chi connectivity index (χ3n) is 1.92. The second-order valence-electron chi connectivity index (χ2n) is 2.68. The third-order valence-corrected chi connectivity index (χ3v) is 1.92. The van der Waals surface area contributed by atoms with Crippen LogP contribution in [0.3, 0.4) is 0 Å². The van der Waals surface area contributed by atoms with Crippen LogP contribution in [0.1, 0.15) is 11.4 Å². The van der Waals surface area contributed by atoms with Crippen molar-refractivity contribution in [1.82, 2.24) is 14.9 Å². The Labute approximate surface area is 64.2 Å². The summed E-state index contributed by atoms with van der Waals surface area (Å²) in [5.41, 5.74) is 2.12. The molecule has 58 valence electrons. The van der Waals surface area contributed by atoms with E-state index in [2.05, 4.69) is 10.3 Å². The number of amides is 1. The van der Waals surface area contributed by atoms with Crippen molar-refractivity contribution >= 4 is 5.91 Å². The first-order chi connectivity index (χ1) is 5.27. The summed E-state index contributed by atoms with van der Waals surface area (Å²) in [7, 11) is 0. The minimum atomic E-state index is 0.0647. The van der Waals surface area contributed by atoms with E-state index in [1.54, 1.807) is 6.33 Å². The zero-order valence-corrected chi connectivity index (χ0v) is 6.29. The molecule has 1 amide bonds. The zero-order valence-electron chi connectivity index (χ0n) is 6.29. The van der Waals surface area contributed by atoms with Crippen molar-refractivity contribution in [2.45, 2.75) is 20.0 Å². The number of hydrogen-bond acceptors (Lipinski definition) is 2.